The van der Waals surface area contributed by atoms with Gasteiger partial charge in [0.25, 0.3) is 0 Å². The third-order valence-electron chi connectivity index (χ3n) is 4.39. The Kier molecular flexibility index (Phi) is 5.80. The van der Waals surface area contributed by atoms with E-state index in [0.717, 1.165) is 39.4 Å². The van der Waals surface area contributed by atoms with Crippen LogP contribution in [0.3, 0.4) is 0 Å². The third-order valence-corrected chi connectivity index (χ3v) is 5.38. The lowest BCUT2D eigenvalue weighted by Gasteiger charge is -2.03. The van der Waals surface area contributed by atoms with Crippen molar-refractivity contribution in [3.05, 3.63) is 65.1 Å². The zero-order chi connectivity index (χ0) is 20.9. The first-order valence-corrected chi connectivity index (χ1v) is 10.1. The second kappa shape index (κ2) is 8.83. The molecule has 0 saturated heterocycles. The number of rotatable bonds is 8. The van der Waals surface area contributed by atoms with Gasteiger partial charge in [-0.1, -0.05) is 12.1 Å². The van der Waals surface area contributed by atoms with Gasteiger partial charge in [-0.25, -0.2) is 15.0 Å². The van der Waals surface area contributed by atoms with Crippen molar-refractivity contribution in [3.63, 3.8) is 0 Å². The summed E-state index contributed by atoms with van der Waals surface area (Å²) in [6, 6.07) is 9.68. The Morgan fingerprint density at radius 2 is 2.03 bits per heavy atom. The number of carbonyl (C=O) groups is 1. The molecule has 1 N–H and O–H groups in total. The number of thiazole rings is 1. The number of hydrogen-bond acceptors (Lipinski definition) is 8. The van der Waals surface area contributed by atoms with Gasteiger partial charge in [0, 0.05) is 34.9 Å². The molecular weight excluding hydrogens is 400 g/mol. The normalized spacial score (nSPS) is 10.7. The third kappa shape index (κ3) is 4.52. The molecule has 0 unspecified atom stereocenters. The predicted octanol–water partition coefficient (Wildman–Crippen LogP) is 3.65. The monoisotopic (exact) mass is 420 g/mol. The summed E-state index contributed by atoms with van der Waals surface area (Å²) in [7, 11) is 1.65. The van der Waals surface area contributed by atoms with E-state index in [2.05, 4.69) is 25.4 Å². The molecule has 0 radical (unpaired) electrons. The zero-order valence-corrected chi connectivity index (χ0v) is 17.4. The van der Waals surface area contributed by atoms with E-state index in [1.165, 1.54) is 11.3 Å². The van der Waals surface area contributed by atoms with Crippen LogP contribution in [0.15, 0.2) is 48.9 Å². The van der Waals surface area contributed by atoms with Crippen molar-refractivity contribution in [1.29, 1.82) is 0 Å². The maximum absolute atomic E-state index is 11.2. The zero-order valence-electron chi connectivity index (χ0n) is 16.6. The average Bonchev–Trinajstić information content (AvgIpc) is 3.36. The van der Waals surface area contributed by atoms with Crippen molar-refractivity contribution in [2.75, 3.05) is 12.4 Å². The summed E-state index contributed by atoms with van der Waals surface area (Å²) in [4.78, 5) is 25.2. The highest BCUT2D eigenvalue weighted by molar-refractivity contribution is 7.16. The van der Waals surface area contributed by atoms with Crippen molar-refractivity contribution < 1.29 is 9.53 Å². The van der Waals surface area contributed by atoms with Crippen molar-refractivity contribution in [2.45, 2.75) is 19.9 Å². The van der Waals surface area contributed by atoms with Gasteiger partial charge in [-0.3, -0.25) is 4.68 Å². The number of aromatic nitrogens is 5. The molecule has 0 saturated carbocycles. The number of aryl methyl sites for hydroxylation is 1. The van der Waals surface area contributed by atoms with Crippen LogP contribution in [-0.4, -0.2) is 38.1 Å². The number of carbonyl (C=O) groups excluding carboxylic acids is 1. The molecule has 0 fully saturated rings. The van der Waals surface area contributed by atoms with E-state index in [-0.39, 0.29) is 6.42 Å². The standard InChI is InChI=1S/C21H20N6O2S/c1-14-7-9-22-20(24-14)26-21-25-19(18(30-21)8-10-28)16-11-23-27(13-16)12-15-3-5-17(29-2)6-4-15/h3-7,9-11,13H,8,12H2,1-2H3,(H,22,24,25,26). The quantitative estimate of drug-likeness (QED) is 0.435. The Labute approximate surface area is 177 Å². The minimum atomic E-state index is 0.285. The maximum Gasteiger partial charge on any atom is 0.229 e. The molecule has 0 bridgehead atoms. The smallest absolute Gasteiger partial charge is 0.229 e. The average molecular weight is 420 g/mol. The van der Waals surface area contributed by atoms with Crippen LogP contribution in [0.25, 0.3) is 11.3 Å². The highest BCUT2D eigenvalue weighted by Crippen LogP contribution is 2.32. The summed E-state index contributed by atoms with van der Waals surface area (Å²) in [5.41, 5.74) is 3.56. The van der Waals surface area contributed by atoms with E-state index >= 15 is 0 Å². The van der Waals surface area contributed by atoms with E-state index < -0.39 is 0 Å². The molecule has 3 aromatic heterocycles. The van der Waals surface area contributed by atoms with Gasteiger partial charge in [-0.15, -0.1) is 11.3 Å². The lowest BCUT2D eigenvalue weighted by atomic mass is 10.2. The summed E-state index contributed by atoms with van der Waals surface area (Å²) in [5, 5.41) is 8.21. The Balaban J connectivity index is 1.56. The topological polar surface area (TPSA) is 94.8 Å². The van der Waals surface area contributed by atoms with Crippen LogP contribution in [0.5, 0.6) is 5.75 Å². The van der Waals surface area contributed by atoms with Crippen LogP contribution >= 0.6 is 11.3 Å². The summed E-state index contributed by atoms with van der Waals surface area (Å²) in [6.07, 6.45) is 6.55. The van der Waals surface area contributed by atoms with Gasteiger partial charge in [-0.05, 0) is 30.7 Å². The van der Waals surface area contributed by atoms with Gasteiger partial charge in [0.1, 0.15) is 12.0 Å². The molecule has 0 aliphatic rings. The van der Waals surface area contributed by atoms with Crippen LogP contribution < -0.4 is 10.1 Å². The summed E-state index contributed by atoms with van der Waals surface area (Å²) < 4.78 is 7.04. The number of nitrogens with one attached hydrogen (secondary N) is 1. The number of nitrogens with zero attached hydrogens (tertiary/aromatic N) is 5. The molecular formula is C21H20N6O2S. The van der Waals surface area contributed by atoms with Crippen LogP contribution in [-0.2, 0) is 17.8 Å². The largest absolute Gasteiger partial charge is 0.497 e. The first-order valence-electron chi connectivity index (χ1n) is 9.30. The molecule has 1 aromatic carbocycles. The van der Waals surface area contributed by atoms with Gasteiger partial charge in [0.05, 0.1) is 25.5 Å². The molecule has 0 atom stereocenters. The molecule has 0 spiro atoms. The number of aldehydes is 1. The van der Waals surface area contributed by atoms with Gasteiger partial charge in [0.2, 0.25) is 5.95 Å². The molecule has 8 nitrogen and oxygen atoms in total. The van der Waals surface area contributed by atoms with Crippen LogP contribution in [0.1, 0.15) is 16.1 Å². The Bertz CT molecular complexity index is 1150. The first kappa shape index (κ1) is 19.7. The van der Waals surface area contributed by atoms with Gasteiger partial charge in [0.15, 0.2) is 5.13 Å². The molecule has 3 heterocycles. The second-order valence-corrected chi connectivity index (χ2v) is 7.67. The van der Waals surface area contributed by atoms with E-state index in [0.29, 0.717) is 17.6 Å². The fourth-order valence-electron chi connectivity index (χ4n) is 2.94. The van der Waals surface area contributed by atoms with Crippen LogP contribution in [0.4, 0.5) is 11.1 Å². The number of methoxy groups -OCH3 is 1. The molecule has 9 heteroatoms. The van der Waals surface area contributed by atoms with Crippen LogP contribution in [0.2, 0.25) is 0 Å². The van der Waals surface area contributed by atoms with Gasteiger partial charge < -0.3 is 14.8 Å². The maximum atomic E-state index is 11.2. The lowest BCUT2D eigenvalue weighted by Crippen LogP contribution is -1.99. The molecule has 0 aliphatic carbocycles. The van der Waals surface area contributed by atoms with Gasteiger partial charge in [-0.2, -0.15) is 5.10 Å². The van der Waals surface area contributed by atoms with Crippen molar-refractivity contribution in [1.82, 2.24) is 24.7 Å². The number of benzene rings is 1. The summed E-state index contributed by atoms with van der Waals surface area (Å²) >= 11 is 1.41. The SMILES string of the molecule is COc1ccc(Cn2cc(-c3nc(Nc4nccc(C)n4)sc3CC=O)cn2)cc1. The van der Waals surface area contributed by atoms with Crippen molar-refractivity contribution >= 4 is 28.7 Å². The summed E-state index contributed by atoms with van der Waals surface area (Å²) in [5.74, 6) is 1.29. The molecule has 4 aromatic rings. The number of hydrogen-bond donors (Lipinski definition) is 1. The Morgan fingerprint density at radius 1 is 1.20 bits per heavy atom. The van der Waals surface area contributed by atoms with E-state index in [9.17, 15) is 4.79 Å². The highest BCUT2D eigenvalue weighted by Gasteiger charge is 2.15. The van der Waals surface area contributed by atoms with E-state index in [1.54, 1.807) is 19.5 Å². The highest BCUT2D eigenvalue weighted by atomic mass is 32.1. The van der Waals surface area contributed by atoms with Crippen LogP contribution in [0, 0.1) is 6.92 Å². The Morgan fingerprint density at radius 3 is 2.77 bits per heavy atom. The molecule has 30 heavy (non-hydrogen) atoms. The van der Waals surface area contributed by atoms with E-state index in [4.69, 9.17) is 4.74 Å². The minimum absolute atomic E-state index is 0.285. The second-order valence-electron chi connectivity index (χ2n) is 6.58. The number of anilines is 2. The predicted molar refractivity (Wildman–Crippen MR) is 115 cm³/mol. The Hall–Kier alpha value is -3.59. The molecule has 0 aliphatic heterocycles. The number of ether oxygens (including phenoxy) is 1. The van der Waals surface area contributed by atoms with Crippen molar-refractivity contribution in [3.8, 4) is 17.0 Å². The molecule has 152 valence electrons. The van der Waals surface area contributed by atoms with Crippen molar-refractivity contribution in [2.24, 2.45) is 0 Å². The fourth-order valence-corrected chi connectivity index (χ4v) is 3.86. The fraction of sp³-hybridized carbons (Fsp3) is 0.190. The molecule has 0 amide bonds. The van der Waals surface area contributed by atoms with E-state index in [1.807, 2.05) is 48.1 Å². The summed E-state index contributed by atoms with van der Waals surface area (Å²) in [6.45, 7) is 2.52. The molecule has 4 rings (SSSR count). The minimum Gasteiger partial charge on any atom is -0.497 e. The van der Waals surface area contributed by atoms with Gasteiger partial charge >= 0.3 is 0 Å². The lowest BCUT2D eigenvalue weighted by molar-refractivity contribution is -0.107. The first-order chi connectivity index (χ1) is 14.6.